The largest absolute Gasteiger partial charge is 0.487 e. The highest BCUT2D eigenvalue weighted by Gasteiger charge is 2.07. The maximum Gasteiger partial charge on any atom is 0.130 e. The highest BCUT2D eigenvalue weighted by molar-refractivity contribution is 5.29. The lowest BCUT2D eigenvalue weighted by atomic mass is 10.0. The third-order valence-corrected chi connectivity index (χ3v) is 3.47. The molecule has 0 aliphatic carbocycles. The smallest absolute Gasteiger partial charge is 0.130 e. The van der Waals surface area contributed by atoms with Crippen LogP contribution in [0.1, 0.15) is 43.3 Å². The molecule has 0 saturated heterocycles. The summed E-state index contributed by atoms with van der Waals surface area (Å²) in [4.78, 5) is 4.44. The fourth-order valence-electron chi connectivity index (χ4n) is 2.38. The minimum absolute atomic E-state index is 0.419. The van der Waals surface area contributed by atoms with Crippen LogP contribution in [0.4, 0.5) is 0 Å². The number of pyridine rings is 1. The van der Waals surface area contributed by atoms with E-state index in [9.17, 15) is 0 Å². The summed E-state index contributed by atoms with van der Waals surface area (Å²) in [6.07, 6.45) is 1.08. The van der Waals surface area contributed by atoms with Gasteiger partial charge in [-0.2, -0.15) is 0 Å². The van der Waals surface area contributed by atoms with Gasteiger partial charge in [0.2, 0.25) is 0 Å². The second-order valence-electron chi connectivity index (χ2n) is 5.15. The average Bonchev–Trinajstić information content (AvgIpc) is 2.51. The number of nitrogens with one attached hydrogen (secondary N) is 1. The van der Waals surface area contributed by atoms with Crippen LogP contribution in [-0.4, -0.2) is 11.5 Å². The monoisotopic (exact) mass is 284 g/mol. The number of rotatable bonds is 7. The van der Waals surface area contributed by atoms with Crippen molar-refractivity contribution in [2.45, 2.75) is 39.8 Å². The molecule has 1 heterocycles. The van der Waals surface area contributed by atoms with E-state index in [0.29, 0.717) is 12.6 Å². The van der Waals surface area contributed by atoms with E-state index in [1.54, 1.807) is 0 Å². The average molecular weight is 284 g/mol. The third-order valence-electron chi connectivity index (χ3n) is 3.47. The fourth-order valence-corrected chi connectivity index (χ4v) is 2.38. The molecule has 0 aliphatic heterocycles. The van der Waals surface area contributed by atoms with Crippen LogP contribution >= 0.6 is 0 Å². The molecule has 1 aromatic heterocycles. The first-order valence-corrected chi connectivity index (χ1v) is 7.61. The summed E-state index contributed by atoms with van der Waals surface area (Å²) in [7, 11) is 0. The Morgan fingerprint density at radius 3 is 2.48 bits per heavy atom. The van der Waals surface area contributed by atoms with Crippen molar-refractivity contribution < 1.29 is 4.74 Å². The molecule has 0 spiro atoms. The fraction of sp³-hybridized carbons (Fsp3) is 0.389. The van der Waals surface area contributed by atoms with E-state index < -0.39 is 0 Å². The molecule has 1 aromatic carbocycles. The highest BCUT2D eigenvalue weighted by atomic mass is 16.5. The molecule has 0 aliphatic rings. The highest BCUT2D eigenvalue weighted by Crippen LogP contribution is 2.20. The van der Waals surface area contributed by atoms with Crippen LogP contribution in [0.3, 0.4) is 0 Å². The molecule has 0 radical (unpaired) electrons. The van der Waals surface area contributed by atoms with Gasteiger partial charge in [0.25, 0.3) is 0 Å². The Labute approximate surface area is 127 Å². The van der Waals surface area contributed by atoms with Crippen molar-refractivity contribution in [1.82, 2.24) is 10.3 Å². The van der Waals surface area contributed by atoms with Crippen molar-refractivity contribution in [3.63, 3.8) is 0 Å². The topological polar surface area (TPSA) is 34.1 Å². The maximum absolute atomic E-state index is 5.79. The van der Waals surface area contributed by atoms with Gasteiger partial charge in [0.1, 0.15) is 12.4 Å². The van der Waals surface area contributed by atoms with Gasteiger partial charge in [-0.1, -0.05) is 32.0 Å². The molecule has 3 nitrogen and oxygen atoms in total. The molecule has 0 bridgehead atoms. The zero-order chi connectivity index (χ0) is 15.1. The Morgan fingerprint density at radius 2 is 1.86 bits per heavy atom. The predicted octanol–water partition coefficient (Wildman–Crippen LogP) is 4.03. The molecule has 1 unspecified atom stereocenters. The first-order valence-electron chi connectivity index (χ1n) is 7.61. The molecule has 2 rings (SSSR count). The molecule has 21 heavy (non-hydrogen) atoms. The molecule has 0 fully saturated rings. The number of aryl methyl sites for hydroxylation is 1. The summed E-state index contributed by atoms with van der Waals surface area (Å²) >= 11 is 0. The quantitative estimate of drug-likeness (QED) is 0.833. The number of ether oxygens (including phenoxy) is 1. The standard InChI is InChI=1S/C18H24N2O/c1-4-18(19-5-2)15-9-11-17(12-10-15)21-13-16-8-6-7-14(3)20-16/h6-12,18-19H,4-5,13H2,1-3H3. The molecule has 1 N–H and O–H groups in total. The first kappa shape index (κ1) is 15.5. The van der Waals surface area contributed by atoms with Crippen LogP contribution in [0.15, 0.2) is 42.5 Å². The molecule has 112 valence electrons. The van der Waals surface area contributed by atoms with Gasteiger partial charge >= 0.3 is 0 Å². The van der Waals surface area contributed by atoms with E-state index in [-0.39, 0.29) is 0 Å². The molecule has 1 atom stereocenters. The van der Waals surface area contributed by atoms with E-state index in [0.717, 1.165) is 30.1 Å². The van der Waals surface area contributed by atoms with Crippen LogP contribution in [0.5, 0.6) is 5.75 Å². The molecule has 2 aromatic rings. The van der Waals surface area contributed by atoms with Crippen molar-refractivity contribution in [3.8, 4) is 5.75 Å². The number of benzene rings is 1. The maximum atomic E-state index is 5.79. The van der Waals surface area contributed by atoms with E-state index in [1.807, 2.05) is 37.3 Å². The summed E-state index contributed by atoms with van der Waals surface area (Å²) in [6.45, 7) is 7.81. The van der Waals surface area contributed by atoms with Gasteiger partial charge in [-0.05, 0) is 49.7 Å². The van der Waals surface area contributed by atoms with Crippen LogP contribution in [0.25, 0.3) is 0 Å². The number of nitrogens with zero attached hydrogens (tertiary/aromatic N) is 1. The van der Waals surface area contributed by atoms with Crippen LogP contribution in [-0.2, 0) is 6.61 Å². The van der Waals surface area contributed by atoms with E-state index >= 15 is 0 Å². The van der Waals surface area contributed by atoms with Gasteiger partial charge in [-0.25, -0.2) is 0 Å². The van der Waals surface area contributed by atoms with Crippen molar-refractivity contribution >= 4 is 0 Å². The van der Waals surface area contributed by atoms with E-state index in [4.69, 9.17) is 4.74 Å². The van der Waals surface area contributed by atoms with Crippen molar-refractivity contribution in [2.24, 2.45) is 0 Å². The Kier molecular flexibility index (Phi) is 5.76. The zero-order valence-corrected chi connectivity index (χ0v) is 13.1. The van der Waals surface area contributed by atoms with Gasteiger partial charge in [-0.3, -0.25) is 4.98 Å². The normalized spacial score (nSPS) is 12.1. The molecular weight excluding hydrogens is 260 g/mol. The van der Waals surface area contributed by atoms with Crippen LogP contribution in [0.2, 0.25) is 0 Å². The van der Waals surface area contributed by atoms with Crippen molar-refractivity contribution in [3.05, 3.63) is 59.4 Å². The molecular formula is C18H24N2O. The summed E-state index contributed by atoms with van der Waals surface area (Å²) in [5, 5.41) is 3.48. The van der Waals surface area contributed by atoms with Gasteiger partial charge < -0.3 is 10.1 Å². The summed E-state index contributed by atoms with van der Waals surface area (Å²) in [5.41, 5.74) is 3.28. The number of hydrogen-bond acceptors (Lipinski definition) is 3. The first-order chi connectivity index (χ1) is 10.2. The summed E-state index contributed by atoms with van der Waals surface area (Å²) in [5.74, 6) is 0.883. The number of hydrogen-bond donors (Lipinski definition) is 1. The van der Waals surface area contributed by atoms with Gasteiger partial charge in [0.15, 0.2) is 0 Å². The molecule has 0 amide bonds. The van der Waals surface area contributed by atoms with Crippen molar-refractivity contribution in [1.29, 1.82) is 0 Å². The Bertz CT molecular complexity index is 551. The minimum Gasteiger partial charge on any atom is -0.487 e. The lowest BCUT2D eigenvalue weighted by Gasteiger charge is -2.16. The SMILES string of the molecule is CCNC(CC)c1ccc(OCc2cccc(C)n2)cc1. The molecule has 0 saturated carbocycles. The third kappa shape index (κ3) is 4.57. The predicted molar refractivity (Wildman–Crippen MR) is 86.5 cm³/mol. The van der Waals surface area contributed by atoms with Crippen LogP contribution in [0, 0.1) is 6.92 Å². The Morgan fingerprint density at radius 1 is 1.10 bits per heavy atom. The lowest BCUT2D eigenvalue weighted by molar-refractivity contribution is 0.301. The zero-order valence-electron chi connectivity index (χ0n) is 13.1. The van der Waals surface area contributed by atoms with E-state index in [1.165, 1.54) is 5.56 Å². The Balaban J connectivity index is 1.96. The Hall–Kier alpha value is -1.87. The number of aromatic nitrogens is 1. The van der Waals surface area contributed by atoms with Gasteiger partial charge in [-0.15, -0.1) is 0 Å². The minimum atomic E-state index is 0.419. The second kappa shape index (κ2) is 7.79. The van der Waals surface area contributed by atoms with E-state index in [2.05, 4.69) is 36.3 Å². The summed E-state index contributed by atoms with van der Waals surface area (Å²) < 4.78 is 5.79. The second-order valence-corrected chi connectivity index (χ2v) is 5.15. The van der Waals surface area contributed by atoms with Crippen LogP contribution < -0.4 is 10.1 Å². The summed E-state index contributed by atoms with van der Waals surface area (Å²) in [6, 6.07) is 14.7. The van der Waals surface area contributed by atoms with Crippen molar-refractivity contribution in [2.75, 3.05) is 6.54 Å². The van der Waals surface area contributed by atoms with Gasteiger partial charge in [0, 0.05) is 11.7 Å². The molecule has 3 heteroatoms. The lowest BCUT2D eigenvalue weighted by Crippen LogP contribution is -2.19. The van der Waals surface area contributed by atoms with Gasteiger partial charge in [0.05, 0.1) is 5.69 Å².